The molecule has 1 aliphatic carbocycles. The summed E-state index contributed by atoms with van der Waals surface area (Å²) in [7, 11) is 1.33. The fourth-order valence-corrected chi connectivity index (χ4v) is 1.99. The van der Waals surface area contributed by atoms with Gasteiger partial charge in [0, 0.05) is 18.4 Å². The van der Waals surface area contributed by atoms with Crippen LogP contribution in [-0.2, 0) is 9.53 Å². The van der Waals surface area contributed by atoms with Crippen molar-refractivity contribution in [3.8, 4) is 0 Å². The highest BCUT2D eigenvalue weighted by atomic mass is 16.5. The molecule has 2 atom stereocenters. The summed E-state index contributed by atoms with van der Waals surface area (Å²) in [6.07, 6.45) is 2.88. The van der Waals surface area contributed by atoms with Crippen LogP contribution in [-0.4, -0.2) is 25.0 Å². The number of hydrogen-bond donors (Lipinski definition) is 1. The molecule has 0 radical (unpaired) electrons. The molecule has 1 saturated carbocycles. The number of ether oxygens (including phenoxy) is 1. The lowest BCUT2D eigenvalue weighted by Crippen LogP contribution is -2.39. The molecule has 0 aliphatic heterocycles. The van der Waals surface area contributed by atoms with Crippen molar-refractivity contribution in [2.24, 2.45) is 5.92 Å². The van der Waals surface area contributed by atoms with Crippen molar-refractivity contribution in [3.63, 3.8) is 0 Å². The van der Waals surface area contributed by atoms with Crippen molar-refractivity contribution >= 4 is 11.9 Å². The van der Waals surface area contributed by atoms with Crippen molar-refractivity contribution < 1.29 is 14.3 Å². The average Bonchev–Trinajstić information content (AvgIpc) is 2.64. The van der Waals surface area contributed by atoms with Crippen molar-refractivity contribution in [3.05, 3.63) is 0 Å². The smallest absolute Gasteiger partial charge is 0.407 e. The zero-order valence-corrected chi connectivity index (χ0v) is 8.71. The van der Waals surface area contributed by atoms with Crippen molar-refractivity contribution in [2.75, 3.05) is 7.11 Å². The van der Waals surface area contributed by atoms with Crippen LogP contribution in [0, 0.1) is 5.92 Å². The molecule has 1 fully saturated rings. The Kier molecular flexibility index (Phi) is 3.92. The Morgan fingerprint density at radius 3 is 2.71 bits per heavy atom. The molecule has 4 heteroatoms. The number of alkyl carbamates (subject to hydrolysis) is 1. The van der Waals surface area contributed by atoms with Gasteiger partial charge >= 0.3 is 6.09 Å². The average molecular weight is 199 g/mol. The second-order valence-electron chi connectivity index (χ2n) is 3.60. The van der Waals surface area contributed by atoms with Gasteiger partial charge in [0.15, 0.2) is 0 Å². The molecule has 0 bridgehead atoms. The third kappa shape index (κ3) is 2.47. The third-order valence-electron chi connectivity index (χ3n) is 2.77. The van der Waals surface area contributed by atoms with E-state index in [9.17, 15) is 9.59 Å². The fraction of sp³-hybridized carbons (Fsp3) is 0.800. The Morgan fingerprint density at radius 2 is 2.14 bits per heavy atom. The first kappa shape index (κ1) is 11.0. The molecule has 1 rings (SSSR count). The van der Waals surface area contributed by atoms with Gasteiger partial charge in [0.25, 0.3) is 0 Å². The van der Waals surface area contributed by atoms with E-state index in [1.165, 1.54) is 7.11 Å². The summed E-state index contributed by atoms with van der Waals surface area (Å²) >= 11 is 0. The number of rotatable bonds is 3. The monoisotopic (exact) mass is 199 g/mol. The molecule has 1 amide bonds. The highest BCUT2D eigenvalue weighted by Gasteiger charge is 2.32. The normalized spacial score (nSPS) is 25.9. The molecule has 0 aromatic heterocycles. The number of methoxy groups -OCH3 is 1. The van der Waals surface area contributed by atoms with Gasteiger partial charge in [-0.15, -0.1) is 0 Å². The molecular formula is C10H17NO3. The molecular weight excluding hydrogens is 182 g/mol. The SMILES string of the molecule is CCC(=O)C1CCC[C@@H]1NC(=O)OC. The first-order valence-corrected chi connectivity index (χ1v) is 5.06. The molecule has 0 saturated heterocycles. The number of nitrogens with one attached hydrogen (secondary N) is 1. The van der Waals surface area contributed by atoms with Crippen LogP contribution in [0.1, 0.15) is 32.6 Å². The summed E-state index contributed by atoms with van der Waals surface area (Å²) < 4.78 is 4.51. The minimum absolute atomic E-state index is 0.000833. The molecule has 0 aromatic carbocycles. The van der Waals surface area contributed by atoms with Gasteiger partial charge in [-0.3, -0.25) is 4.79 Å². The Labute approximate surface area is 84.0 Å². The number of carbonyl (C=O) groups is 2. The second-order valence-corrected chi connectivity index (χ2v) is 3.60. The summed E-state index contributed by atoms with van der Waals surface area (Å²) in [5.41, 5.74) is 0. The van der Waals surface area contributed by atoms with Crippen LogP contribution in [0.4, 0.5) is 4.79 Å². The fourth-order valence-electron chi connectivity index (χ4n) is 1.99. The van der Waals surface area contributed by atoms with Crippen molar-refractivity contribution in [1.82, 2.24) is 5.32 Å². The number of amides is 1. The minimum Gasteiger partial charge on any atom is -0.453 e. The highest BCUT2D eigenvalue weighted by Crippen LogP contribution is 2.27. The zero-order valence-electron chi connectivity index (χ0n) is 8.71. The molecule has 80 valence electrons. The van der Waals surface area contributed by atoms with Crippen LogP contribution >= 0.6 is 0 Å². The summed E-state index contributed by atoms with van der Waals surface area (Å²) in [5.74, 6) is 0.239. The molecule has 1 N–H and O–H groups in total. The maximum atomic E-state index is 11.5. The van der Waals surface area contributed by atoms with E-state index in [1.54, 1.807) is 0 Å². The van der Waals surface area contributed by atoms with Gasteiger partial charge in [-0.05, 0) is 12.8 Å². The van der Waals surface area contributed by atoms with E-state index < -0.39 is 6.09 Å². The third-order valence-corrected chi connectivity index (χ3v) is 2.77. The lowest BCUT2D eigenvalue weighted by Gasteiger charge is -2.18. The maximum absolute atomic E-state index is 11.5. The predicted octanol–water partition coefficient (Wildman–Crippen LogP) is 1.49. The van der Waals surface area contributed by atoms with E-state index in [2.05, 4.69) is 10.1 Å². The largest absolute Gasteiger partial charge is 0.453 e. The zero-order chi connectivity index (χ0) is 10.6. The van der Waals surface area contributed by atoms with E-state index in [0.717, 1.165) is 19.3 Å². The molecule has 0 aromatic rings. The second kappa shape index (κ2) is 4.98. The quantitative estimate of drug-likeness (QED) is 0.749. The molecule has 1 unspecified atom stereocenters. The predicted molar refractivity (Wildman–Crippen MR) is 52.0 cm³/mol. The summed E-state index contributed by atoms with van der Waals surface area (Å²) in [5, 5.41) is 2.71. The number of Topliss-reactive ketones (excluding diaryl/α,β-unsaturated/α-hetero) is 1. The molecule has 1 aliphatic rings. The number of carbonyl (C=O) groups excluding carboxylic acids is 2. The molecule has 0 spiro atoms. The highest BCUT2D eigenvalue weighted by molar-refractivity contribution is 5.82. The van der Waals surface area contributed by atoms with Crippen molar-refractivity contribution in [1.29, 1.82) is 0 Å². The van der Waals surface area contributed by atoms with Gasteiger partial charge in [0.1, 0.15) is 5.78 Å². The van der Waals surface area contributed by atoms with E-state index in [0.29, 0.717) is 6.42 Å². The van der Waals surface area contributed by atoms with E-state index in [1.807, 2.05) is 6.92 Å². The standard InChI is InChI=1S/C10H17NO3/c1-3-9(12)7-5-4-6-8(7)11-10(13)14-2/h7-8H,3-6H2,1-2H3,(H,11,13)/t7?,8-/m0/s1. The van der Waals surface area contributed by atoms with E-state index >= 15 is 0 Å². The van der Waals surface area contributed by atoms with Crippen LogP contribution in [0.2, 0.25) is 0 Å². The van der Waals surface area contributed by atoms with Crippen LogP contribution < -0.4 is 5.32 Å². The van der Waals surface area contributed by atoms with Gasteiger partial charge < -0.3 is 10.1 Å². The minimum atomic E-state index is -0.439. The van der Waals surface area contributed by atoms with Gasteiger partial charge in [-0.2, -0.15) is 0 Å². The lowest BCUT2D eigenvalue weighted by molar-refractivity contribution is -0.122. The van der Waals surface area contributed by atoms with Gasteiger partial charge in [0.2, 0.25) is 0 Å². The van der Waals surface area contributed by atoms with Gasteiger partial charge in [-0.25, -0.2) is 4.79 Å². The van der Waals surface area contributed by atoms with Crippen LogP contribution in [0.5, 0.6) is 0 Å². The van der Waals surface area contributed by atoms with Gasteiger partial charge in [0.05, 0.1) is 7.11 Å². The van der Waals surface area contributed by atoms with E-state index in [4.69, 9.17) is 0 Å². The number of ketones is 1. The Hall–Kier alpha value is -1.06. The molecule has 0 heterocycles. The molecule has 4 nitrogen and oxygen atoms in total. The van der Waals surface area contributed by atoms with E-state index in [-0.39, 0.29) is 17.7 Å². The topological polar surface area (TPSA) is 55.4 Å². The first-order valence-electron chi connectivity index (χ1n) is 5.06. The number of hydrogen-bond acceptors (Lipinski definition) is 3. The van der Waals surface area contributed by atoms with Crippen LogP contribution in [0.15, 0.2) is 0 Å². The molecule has 14 heavy (non-hydrogen) atoms. The summed E-state index contributed by atoms with van der Waals surface area (Å²) in [4.78, 5) is 22.5. The van der Waals surface area contributed by atoms with Crippen LogP contribution in [0.3, 0.4) is 0 Å². The summed E-state index contributed by atoms with van der Waals surface area (Å²) in [6.45, 7) is 1.86. The van der Waals surface area contributed by atoms with Crippen molar-refractivity contribution in [2.45, 2.75) is 38.6 Å². The Bertz CT molecular complexity index is 227. The van der Waals surface area contributed by atoms with Crippen LogP contribution in [0.25, 0.3) is 0 Å². The lowest BCUT2D eigenvalue weighted by atomic mass is 9.97. The Morgan fingerprint density at radius 1 is 1.43 bits per heavy atom. The Balaban J connectivity index is 2.51. The maximum Gasteiger partial charge on any atom is 0.407 e. The van der Waals surface area contributed by atoms with Gasteiger partial charge in [-0.1, -0.05) is 13.3 Å². The summed E-state index contributed by atoms with van der Waals surface area (Å²) in [6, 6.07) is -0.0186. The first-order chi connectivity index (χ1) is 6.69.